The number of halogens is 1. The third-order valence-corrected chi connectivity index (χ3v) is 4.88. The lowest BCUT2D eigenvalue weighted by Gasteiger charge is -2.48. The Morgan fingerprint density at radius 3 is 2.19 bits per heavy atom. The maximum absolute atomic E-state index is 5.97. The van der Waals surface area contributed by atoms with Gasteiger partial charge in [0.2, 0.25) is 0 Å². The molecule has 1 saturated carbocycles. The first-order valence-electron chi connectivity index (χ1n) is 5.76. The van der Waals surface area contributed by atoms with Crippen LogP contribution >= 0.6 is 15.9 Å². The van der Waals surface area contributed by atoms with Gasteiger partial charge in [0.25, 0.3) is 0 Å². The third-order valence-electron chi connectivity index (χ3n) is 4.35. The molecule has 0 aromatic heterocycles. The number of ether oxygens (including phenoxy) is 1. The summed E-state index contributed by atoms with van der Waals surface area (Å²) < 4.78 is 6.61. The van der Waals surface area contributed by atoms with Gasteiger partial charge in [-0.1, -0.05) is 28.1 Å². The van der Waals surface area contributed by atoms with Crippen molar-refractivity contribution in [2.24, 2.45) is 11.1 Å². The van der Waals surface area contributed by atoms with Crippen molar-refractivity contribution >= 4 is 15.9 Å². The molecule has 3 rings (SSSR count). The molecule has 2 N–H and O–H groups in total. The first-order chi connectivity index (χ1) is 7.72. The van der Waals surface area contributed by atoms with E-state index in [-0.39, 0.29) is 5.41 Å². The molecule has 0 amide bonds. The number of hydrogen-bond acceptors (Lipinski definition) is 2. The van der Waals surface area contributed by atoms with E-state index >= 15 is 0 Å². The molecule has 2 nitrogen and oxygen atoms in total. The van der Waals surface area contributed by atoms with Gasteiger partial charge in [-0.2, -0.15) is 0 Å². The van der Waals surface area contributed by atoms with Crippen LogP contribution in [0.2, 0.25) is 0 Å². The second kappa shape index (κ2) is 3.56. The zero-order valence-corrected chi connectivity index (χ0v) is 10.8. The lowest BCUT2D eigenvalue weighted by Crippen LogP contribution is -2.55. The number of rotatable bonds is 3. The smallest absolute Gasteiger partial charge is 0.0591 e. The second-order valence-electron chi connectivity index (χ2n) is 5.07. The second-order valence-corrected chi connectivity index (χ2v) is 5.98. The summed E-state index contributed by atoms with van der Waals surface area (Å²) in [4.78, 5) is 0. The van der Waals surface area contributed by atoms with Gasteiger partial charge < -0.3 is 10.5 Å². The molecule has 0 atom stereocenters. The molecular weight excluding hydrogens is 266 g/mol. The maximum Gasteiger partial charge on any atom is 0.0591 e. The van der Waals surface area contributed by atoms with Gasteiger partial charge in [0.05, 0.1) is 13.2 Å². The van der Waals surface area contributed by atoms with E-state index < -0.39 is 0 Å². The average Bonchev–Trinajstić information content (AvgIpc) is 3.01. The van der Waals surface area contributed by atoms with Crippen molar-refractivity contribution in [3.63, 3.8) is 0 Å². The molecule has 1 aliphatic heterocycles. The molecule has 0 spiro atoms. The summed E-state index contributed by atoms with van der Waals surface area (Å²) in [5.74, 6) is 0. The van der Waals surface area contributed by atoms with Crippen LogP contribution in [0, 0.1) is 5.41 Å². The van der Waals surface area contributed by atoms with E-state index in [4.69, 9.17) is 10.5 Å². The zero-order chi connectivity index (χ0) is 11.2. The van der Waals surface area contributed by atoms with Crippen molar-refractivity contribution in [1.82, 2.24) is 0 Å². The molecule has 1 aromatic rings. The largest absolute Gasteiger partial charge is 0.379 e. The lowest BCUT2D eigenvalue weighted by atomic mass is 9.66. The molecule has 0 radical (unpaired) electrons. The molecule has 86 valence electrons. The van der Waals surface area contributed by atoms with Gasteiger partial charge in [0.15, 0.2) is 0 Å². The maximum atomic E-state index is 5.97. The topological polar surface area (TPSA) is 35.2 Å². The normalized spacial score (nSPS) is 24.9. The van der Waals surface area contributed by atoms with E-state index in [2.05, 4.69) is 40.2 Å². The molecule has 16 heavy (non-hydrogen) atoms. The number of benzene rings is 1. The van der Waals surface area contributed by atoms with Crippen LogP contribution in [0.5, 0.6) is 0 Å². The average molecular weight is 282 g/mol. The number of hydrogen-bond donors (Lipinski definition) is 1. The fraction of sp³-hybridized carbons (Fsp3) is 0.538. The summed E-state index contributed by atoms with van der Waals surface area (Å²) >= 11 is 3.48. The Hall–Kier alpha value is -0.380. The van der Waals surface area contributed by atoms with Crippen molar-refractivity contribution in [3.05, 3.63) is 34.3 Å². The predicted molar refractivity (Wildman–Crippen MR) is 67.4 cm³/mol. The predicted octanol–water partition coefficient (Wildman–Crippen LogP) is 2.46. The molecule has 1 saturated heterocycles. The molecule has 2 aliphatic rings. The fourth-order valence-corrected chi connectivity index (χ4v) is 3.15. The van der Waals surface area contributed by atoms with Gasteiger partial charge in [-0.15, -0.1) is 0 Å². The van der Waals surface area contributed by atoms with Crippen molar-refractivity contribution in [3.8, 4) is 0 Å². The van der Waals surface area contributed by atoms with Gasteiger partial charge in [0, 0.05) is 9.89 Å². The van der Waals surface area contributed by atoms with Crippen LogP contribution < -0.4 is 5.73 Å². The summed E-state index contributed by atoms with van der Waals surface area (Å²) in [6, 6.07) is 8.65. The van der Waals surface area contributed by atoms with Gasteiger partial charge in [-0.3, -0.25) is 0 Å². The Kier molecular flexibility index (Phi) is 2.39. The molecule has 3 heteroatoms. The van der Waals surface area contributed by atoms with E-state index in [1.165, 1.54) is 18.4 Å². The van der Waals surface area contributed by atoms with Crippen LogP contribution in [0.25, 0.3) is 0 Å². The first-order valence-corrected chi connectivity index (χ1v) is 6.56. The van der Waals surface area contributed by atoms with E-state index in [1.54, 1.807) is 0 Å². The SMILES string of the molecule is NCC1(C2(c3ccc(Br)cc3)COC2)CC1. The molecular formula is C13H16BrNO. The van der Waals surface area contributed by atoms with E-state index in [0.29, 0.717) is 5.41 Å². The van der Waals surface area contributed by atoms with Crippen LogP contribution in [-0.4, -0.2) is 19.8 Å². The Bertz CT molecular complexity index is 393. The molecule has 0 unspecified atom stereocenters. The standard InChI is InChI=1S/C13H16BrNO/c14-11-3-1-10(2-4-11)13(8-16-9-13)12(7-15)5-6-12/h1-4H,5-9,15H2. The summed E-state index contributed by atoms with van der Waals surface area (Å²) in [6.45, 7) is 2.46. The minimum Gasteiger partial charge on any atom is -0.379 e. The highest BCUT2D eigenvalue weighted by molar-refractivity contribution is 9.10. The molecule has 1 heterocycles. The lowest BCUT2D eigenvalue weighted by molar-refractivity contribution is -0.0972. The van der Waals surface area contributed by atoms with Crippen LogP contribution in [0.15, 0.2) is 28.7 Å². The van der Waals surface area contributed by atoms with Crippen LogP contribution in [0.1, 0.15) is 18.4 Å². The third kappa shape index (κ3) is 1.31. The quantitative estimate of drug-likeness (QED) is 0.924. The van der Waals surface area contributed by atoms with Gasteiger partial charge in [-0.25, -0.2) is 0 Å². The highest BCUT2D eigenvalue weighted by Crippen LogP contribution is 2.61. The van der Waals surface area contributed by atoms with Crippen LogP contribution in [-0.2, 0) is 10.2 Å². The summed E-state index contributed by atoms with van der Waals surface area (Å²) in [7, 11) is 0. The van der Waals surface area contributed by atoms with Crippen molar-refractivity contribution in [2.45, 2.75) is 18.3 Å². The van der Waals surface area contributed by atoms with Gasteiger partial charge in [0.1, 0.15) is 0 Å². The van der Waals surface area contributed by atoms with Gasteiger partial charge in [-0.05, 0) is 42.5 Å². The van der Waals surface area contributed by atoms with Crippen LogP contribution in [0.3, 0.4) is 0 Å². The Balaban J connectivity index is 1.99. The van der Waals surface area contributed by atoms with E-state index in [9.17, 15) is 0 Å². The highest BCUT2D eigenvalue weighted by Gasteiger charge is 2.62. The highest BCUT2D eigenvalue weighted by atomic mass is 79.9. The van der Waals surface area contributed by atoms with Crippen LogP contribution in [0.4, 0.5) is 0 Å². The van der Waals surface area contributed by atoms with Crippen molar-refractivity contribution in [1.29, 1.82) is 0 Å². The van der Waals surface area contributed by atoms with E-state index in [0.717, 1.165) is 24.2 Å². The number of nitrogens with two attached hydrogens (primary N) is 1. The molecule has 1 aromatic carbocycles. The summed E-state index contributed by atoms with van der Waals surface area (Å²) in [6.07, 6.45) is 2.51. The molecule has 0 bridgehead atoms. The Labute approximate surface area is 104 Å². The zero-order valence-electron chi connectivity index (χ0n) is 9.21. The molecule has 1 aliphatic carbocycles. The summed E-state index contributed by atoms with van der Waals surface area (Å²) in [5.41, 5.74) is 7.88. The monoisotopic (exact) mass is 281 g/mol. The first kappa shape index (κ1) is 10.8. The van der Waals surface area contributed by atoms with Crippen molar-refractivity contribution in [2.75, 3.05) is 19.8 Å². The van der Waals surface area contributed by atoms with Crippen molar-refractivity contribution < 1.29 is 4.74 Å². The van der Waals surface area contributed by atoms with Gasteiger partial charge >= 0.3 is 0 Å². The Morgan fingerprint density at radius 2 is 1.81 bits per heavy atom. The minimum atomic E-state index is 0.197. The van der Waals surface area contributed by atoms with E-state index in [1.807, 2.05) is 0 Å². The fourth-order valence-electron chi connectivity index (χ4n) is 2.88. The summed E-state index contributed by atoms with van der Waals surface area (Å²) in [5, 5.41) is 0. The minimum absolute atomic E-state index is 0.197. The molecule has 2 fully saturated rings. The Morgan fingerprint density at radius 1 is 1.19 bits per heavy atom.